The topological polar surface area (TPSA) is 86.7 Å². The Morgan fingerprint density at radius 3 is 1.42 bits per heavy atom. The van der Waals surface area contributed by atoms with E-state index in [-0.39, 0.29) is 33.8 Å². The first-order chi connectivity index (χ1) is 17.5. The molecule has 0 atom stereocenters. The van der Waals surface area contributed by atoms with E-state index in [0.29, 0.717) is 0 Å². The van der Waals surface area contributed by atoms with Crippen LogP contribution in [0.4, 0.5) is 0 Å². The lowest BCUT2D eigenvalue weighted by molar-refractivity contribution is 0.203. The lowest BCUT2D eigenvalue weighted by atomic mass is 9.95. The van der Waals surface area contributed by atoms with Gasteiger partial charge in [-0.1, -0.05) is 90.6 Å². The smallest absolute Gasteiger partial charge is 0.266 e. The summed E-state index contributed by atoms with van der Waals surface area (Å²) in [5.41, 5.74) is 3.75. The van der Waals surface area contributed by atoms with Crippen molar-refractivity contribution in [1.82, 2.24) is 0 Å². The van der Waals surface area contributed by atoms with Gasteiger partial charge in [-0.15, -0.1) is 0 Å². The minimum atomic E-state index is -3.85. The molecule has 0 bridgehead atoms. The maximum Gasteiger partial charge on any atom is 0.296 e. The molecule has 0 saturated carbocycles. The van der Waals surface area contributed by atoms with Gasteiger partial charge in [0.05, 0.1) is 23.0 Å². The molecule has 0 saturated heterocycles. The van der Waals surface area contributed by atoms with Crippen molar-refractivity contribution in [1.29, 1.82) is 0 Å². The van der Waals surface area contributed by atoms with E-state index in [4.69, 9.17) is 8.37 Å². The fourth-order valence-corrected chi connectivity index (χ4v) is 5.66. The molecule has 0 aliphatic carbocycles. The molecular formula is C30H36O6S2. The molecular weight excluding hydrogens is 520 g/mol. The van der Waals surface area contributed by atoms with Gasteiger partial charge in [0.15, 0.2) is 0 Å². The molecule has 3 aromatic carbocycles. The minimum Gasteiger partial charge on any atom is -0.266 e. The van der Waals surface area contributed by atoms with Crippen LogP contribution in [0.25, 0.3) is 28.3 Å². The quantitative estimate of drug-likeness (QED) is 0.260. The van der Waals surface area contributed by atoms with Gasteiger partial charge >= 0.3 is 0 Å². The Labute approximate surface area is 227 Å². The molecule has 0 fully saturated rings. The second-order valence-electron chi connectivity index (χ2n) is 11.6. The highest BCUT2D eigenvalue weighted by Gasteiger charge is 2.21. The van der Waals surface area contributed by atoms with Crippen molar-refractivity contribution >= 4 is 26.3 Å². The van der Waals surface area contributed by atoms with Crippen LogP contribution in [0.2, 0.25) is 0 Å². The molecule has 3 rings (SSSR count). The monoisotopic (exact) mass is 556 g/mol. The standard InChI is InChI=1S/C30H36O6S2/c1-8-22-19-25(23-9-14-26(15-10-23)37(31,32)35-20-29(2,3)4)13-18-28(22)24-11-16-27(17-12-24)38(33,34)36-21-30(5,6)7/h8-19H,1,20-21H2,2-7H3. The second kappa shape index (κ2) is 11.1. The van der Waals surface area contributed by atoms with E-state index < -0.39 is 20.2 Å². The van der Waals surface area contributed by atoms with Gasteiger partial charge in [-0.25, -0.2) is 0 Å². The van der Waals surface area contributed by atoms with E-state index in [1.807, 2.05) is 59.7 Å². The van der Waals surface area contributed by atoms with Crippen LogP contribution in [0.5, 0.6) is 0 Å². The van der Waals surface area contributed by atoms with Crippen LogP contribution >= 0.6 is 0 Å². The molecule has 0 radical (unpaired) electrons. The molecule has 0 amide bonds. The third-order valence-corrected chi connectivity index (χ3v) is 8.05. The Morgan fingerprint density at radius 2 is 1.03 bits per heavy atom. The van der Waals surface area contributed by atoms with Gasteiger partial charge in [-0.3, -0.25) is 8.37 Å². The second-order valence-corrected chi connectivity index (χ2v) is 14.8. The van der Waals surface area contributed by atoms with Gasteiger partial charge in [0.2, 0.25) is 0 Å². The third kappa shape index (κ3) is 7.86. The van der Waals surface area contributed by atoms with Crippen LogP contribution in [0.15, 0.2) is 83.1 Å². The van der Waals surface area contributed by atoms with Crippen molar-refractivity contribution in [3.63, 3.8) is 0 Å². The largest absolute Gasteiger partial charge is 0.296 e. The SMILES string of the molecule is C=Cc1cc(-c2ccc(S(=O)(=O)OCC(C)(C)C)cc2)ccc1-c1ccc(S(=O)(=O)OCC(C)(C)C)cc1. The lowest BCUT2D eigenvalue weighted by Gasteiger charge is -2.18. The highest BCUT2D eigenvalue weighted by molar-refractivity contribution is 7.87. The highest BCUT2D eigenvalue weighted by atomic mass is 32.2. The van der Waals surface area contributed by atoms with Crippen LogP contribution in [0, 0.1) is 10.8 Å². The molecule has 38 heavy (non-hydrogen) atoms. The number of hydrogen-bond acceptors (Lipinski definition) is 6. The van der Waals surface area contributed by atoms with Crippen LogP contribution in [-0.2, 0) is 28.6 Å². The van der Waals surface area contributed by atoms with Crippen LogP contribution < -0.4 is 0 Å². The first kappa shape index (κ1) is 29.8. The van der Waals surface area contributed by atoms with Crippen LogP contribution in [0.3, 0.4) is 0 Å². The first-order valence-electron chi connectivity index (χ1n) is 12.3. The summed E-state index contributed by atoms with van der Waals surface area (Å²) in [7, 11) is -7.69. The summed E-state index contributed by atoms with van der Waals surface area (Å²) in [6.45, 7) is 15.6. The molecule has 0 aromatic heterocycles. The van der Waals surface area contributed by atoms with Gasteiger partial charge in [-0.2, -0.15) is 16.8 Å². The summed E-state index contributed by atoms with van der Waals surface area (Å²) in [5, 5.41) is 0. The number of benzene rings is 3. The summed E-state index contributed by atoms with van der Waals surface area (Å²) in [6.07, 6.45) is 1.73. The molecule has 0 N–H and O–H groups in total. The van der Waals surface area contributed by atoms with Crippen molar-refractivity contribution in [2.75, 3.05) is 13.2 Å². The summed E-state index contributed by atoms with van der Waals surface area (Å²) in [4.78, 5) is 0.205. The highest BCUT2D eigenvalue weighted by Crippen LogP contribution is 2.31. The average Bonchev–Trinajstić information content (AvgIpc) is 2.85. The van der Waals surface area contributed by atoms with E-state index in [0.717, 1.165) is 27.8 Å². The maximum absolute atomic E-state index is 12.5. The summed E-state index contributed by atoms with van der Waals surface area (Å²) in [6, 6.07) is 18.9. The molecule has 0 aliphatic heterocycles. The molecule has 3 aromatic rings. The molecule has 8 heteroatoms. The minimum absolute atomic E-state index is 0.0933. The summed E-state index contributed by atoms with van der Waals surface area (Å²) >= 11 is 0. The fraction of sp³-hybridized carbons (Fsp3) is 0.333. The first-order valence-corrected chi connectivity index (χ1v) is 15.1. The molecule has 6 nitrogen and oxygen atoms in total. The van der Waals surface area contributed by atoms with E-state index in [2.05, 4.69) is 6.58 Å². The normalized spacial score (nSPS) is 12.9. The van der Waals surface area contributed by atoms with Gasteiger partial charge < -0.3 is 0 Å². The molecule has 204 valence electrons. The summed E-state index contributed by atoms with van der Waals surface area (Å²) in [5.74, 6) is 0. The fourth-order valence-electron chi connectivity index (χ4n) is 3.43. The van der Waals surface area contributed by atoms with Crippen molar-refractivity contribution < 1.29 is 25.2 Å². The zero-order chi connectivity index (χ0) is 28.4. The number of rotatable bonds is 9. The molecule has 0 heterocycles. The van der Waals surface area contributed by atoms with E-state index >= 15 is 0 Å². The van der Waals surface area contributed by atoms with Gasteiger partial charge in [0, 0.05) is 0 Å². The Morgan fingerprint density at radius 1 is 0.632 bits per heavy atom. The molecule has 0 spiro atoms. The predicted octanol–water partition coefficient (Wildman–Crippen LogP) is 7.17. The van der Waals surface area contributed by atoms with E-state index in [9.17, 15) is 16.8 Å². The van der Waals surface area contributed by atoms with Crippen molar-refractivity contribution in [2.45, 2.75) is 51.3 Å². The van der Waals surface area contributed by atoms with Gasteiger partial charge in [0.25, 0.3) is 20.2 Å². The third-order valence-electron chi connectivity index (χ3n) is 5.50. The van der Waals surface area contributed by atoms with E-state index in [1.165, 1.54) is 24.3 Å². The van der Waals surface area contributed by atoms with Crippen molar-refractivity contribution in [3.8, 4) is 22.3 Å². The van der Waals surface area contributed by atoms with Crippen molar-refractivity contribution in [2.24, 2.45) is 10.8 Å². The average molecular weight is 557 g/mol. The molecule has 0 unspecified atom stereocenters. The number of hydrogen-bond donors (Lipinski definition) is 0. The lowest BCUT2D eigenvalue weighted by Crippen LogP contribution is -2.18. The van der Waals surface area contributed by atoms with Crippen LogP contribution in [-0.4, -0.2) is 30.0 Å². The Kier molecular flexibility index (Phi) is 8.73. The van der Waals surface area contributed by atoms with E-state index in [1.54, 1.807) is 30.3 Å². The van der Waals surface area contributed by atoms with Crippen LogP contribution in [0.1, 0.15) is 47.1 Å². The molecule has 0 aliphatic rings. The maximum atomic E-state index is 12.5. The van der Waals surface area contributed by atoms with Crippen molar-refractivity contribution in [3.05, 3.63) is 78.9 Å². The summed E-state index contributed by atoms with van der Waals surface area (Å²) < 4.78 is 60.5. The predicted molar refractivity (Wildman–Crippen MR) is 153 cm³/mol. The zero-order valence-electron chi connectivity index (χ0n) is 22.8. The van der Waals surface area contributed by atoms with Gasteiger partial charge in [0.1, 0.15) is 0 Å². The Hall–Kier alpha value is -2.78. The Bertz CT molecular complexity index is 1490. The Balaban J connectivity index is 1.83. The zero-order valence-corrected chi connectivity index (χ0v) is 24.4. The van der Waals surface area contributed by atoms with Gasteiger partial charge in [-0.05, 0) is 69.0 Å².